The fourth-order valence-corrected chi connectivity index (χ4v) is 2.56. The Labute approximate surface area is 89.1 Å². The Morgan fingerprint density at radius 1 is 1.75 bits per heavy atom. The summed E-state index contributed by atoms with van der Waals surface area (Å²) in [6.45, 7) is 4.23. The fraction of sp³-hybridized carbons (Fsp3) is 0.375. The van der Waals surface area contributed by atoms with Gasteiger partial charge in [0.05, 0.1) is 6.61 Å². The van der Waals surface area contributed by atoms with Gasteiger partial charge in [0.15, 0.2) is 0 Å². The minimum atomic E-state index is -0.208. The lowest BCUT2D eigenvalue weighted by Crippen LogP contribution is -2.03. The molecule has 0 aromatic carbocycles. The molecule has 1 aromatic rings. The molecule has 0 fully saturated rings. The first-order valence-corrected chi connectivity index (χ1v) is 5.53. The van der Waals surface area contributed by atoms with Gasteiger partial charge in [0.25, 0.3) is 0 Å². The second kappa shape index (κ2) is 4.23. The van der Waals surface area contributed by atoms with Gasteiger partial charge in [0, 0.05) is 3.57 Å². The van der Waals surface area contributed by atoms with E-state index >= 15 is 0 Å². The lowest BCUT2D eigenvalue weighted by atomic mass is 10.3. The van der Waals surface area contributed by atoms with Crippen molar-refractivity contribution >= 4 is 39.9 Å². The maximum Gasteiger partial charge on any atom is 0.349 e. The van der Waals surface area contributed by atoms with Crippen molar-refractivity contribution in [3.63, 3.8) is 0 Å². The molecule has 12 heavy (non-hydrogen) atoms. The number of carbonyl (C=O) groups excluding carboxylic acids is 1. The van der Waals surface area contributed by atoms with Crippen LogP contribution in [0.25, 0.3) is 0 Å². The SMILES string of the molecule is CCOC(=O)c1scc(C)c1I. The predicted octanol–water partition coefficient (Wildman–Crippen LogP) is 2.84. The van der Waals surface area contributed by atoms with Gasteiger partial charge in [-0.05, 0) is 47.4 Å². The molecule has 0 atom stereocenters. The van der Waals surface area contributed by atoms with Gasteiger partial charge in [-0.15, -0.1) is 11.3 Å². The Hall–Kier alpha value is -0.100. The summed E-state index contributed by atoms with van der Waals surface area (Å²) in [4.78, 5) is 12.0. The van der Waals surface area contributed by atoms with Crippen molar-refractivity contribution in [1.82, 2.24) is 0 Å². The van der Waals surface area contributed by atoms with Crippen molar-refractivity contribution < 1.29 is 9.53 Å². The first kappa shape index (κ1) is 9.98. The third-order valence-corrected chi connectivity index (χ3v) is 4.19. The van der Waals surface area contributed by atoms with Crippen molar-refractivity contribution in [1.29, 1.82) is 0 Å². The van der Waals surface area contributed by atoms with Gasteiger partial charge in [0.2, 0.25) is 0 Å². The topological polar surface area (TPSA) is 26.3 Å². The largest absolute Gasteiger partial charge is 0.462 e. The third-order valence-electron chi connectivity index (χ3n) is 1.36. The predicted molar refractivity (Wildman–Crippen MR) is 57.7 cm³/mol. The molecule has 0 radical (unpaired) electrons. The van der Waals surface area contributed by atoms with Crippen molar-refractivity contribution in [3.05, 3.63) is 19.4 Å². The van der Waals surface area contributed by atoms with Crippen LogP contribution in [0.3, 0.4) is 0 Å². The van der Waals surface area contributed by atoms with Crippen molar-refractivity contribution in [3.8, 4) is 0 Å². The average molecular weight is 296 g/mol. The van der Waals surface area contributed by atoms with Gasteiger partial charge in [0.1, 0.15) is 4.88 Å². The Balaban J connectivity index is 2.88. The Kier molecular flexibility index (Phi) is 3.52. The molecule has 1 heterocycles. The van der Waals surface area contributed by atoms with Gasteiger partial charge >= 0.3 is 5.97 Å². The van der Waals surface area contributed by atoms with Crippen LogP contribution in [0.1, 0.15) is 22.2 Å². The van der Waals surface area contributed by atoms with Crippen LogP contribution >= 0.6 is 33.9 Å². The van der Waals surface area contributed by atoms with Crippen molar-refractivity contribution in [2.75, 3.05) is 6.61 Å². The molecule has 0 amide bonds. The summed E-state index contributed by atoms with van der Waals surface area (Å²) in [7, 11) is 0. The zero-order valence-electron chi connectivity index (χ0n) is 6.89. The molecule has 1 rings (SSSR count). The quantitative estimate of drug-likeness (QED) is 0.619. The summed E-state index contributed by atoms with van der Waals surface area (Å²) in [6.07, 6.45) is 0. The maximum atomic E-state index is 11.3. The highest BCUT2D eigenvalue weighted by molar-refractivity contribution is 14.1. The second-order valence-corrected chi connectivity index (χ2v) is 4.24. The summed E-state index contributed by atoms with van der Waals surface area (Å²) in [5, 5.41) is 1.97. The van der Waals surface area contributed by atoms with E-state index in [1.807, 2.05) is 19.2 Å². The maximum absolute atomic E-state index is 11.3. The van der Waals surface area contributed by atoms with Crippen LogP contribution in [0, 0.1) is 10.5 Å². The van der Waals surface area contributed by atoms with E-state index in [9.17, 15) is 4.79 Å². The molecule has 0 N–H and O–H groups in total. The minimum Gasteiger partial charge on any atom is -0.462 e. The number of hydrogen-bond donors (Lipinski definition) is 0. The highest BCUT2D eigenvalue weighted by Gasteiger charge is 2.14. The van der Waals surface area contributed by atoms with E-state index in [0.29, 0.717) is 6.61 Å². The van der Waals surface area contributed by atoms with Gasteiger partial charge in [-0.3, -0.25) is 0 Å². The van der Waals surface area contributed by atoms with Crippen LogP contribution in [-0.2, 0) is 4.74 Å². The highest BCUT2D eigenvalue weighted by atomic mass is 127. The number of ether oxygens (including phenoxy) is 1. The number of rotatable bonds is 2. The number of hydrogen-bond acceptors (Lipinski definition) is 3. The monoisotopic (exact) mass is 296 g/mol. The van der Waals surface area contributed by atoms with E-state index in [-0.39, 0.29) is 5.97 Å². The molecule has 4 heteroatoms. The standard InChI is InChI=1S/C8H9IO2S/c1-3-11-8(10)7-6(9)5(2)4-12-7/h4H,3H2,1-2H3. The zero-order valence-corrected chi connectivity index (χ0v) is 9.86. The number of halogens is 1. The summed E-state index contributed by atoms with van der Waals surface area (Å²) in [5.41, 5.74) is 1.14. The first-order chi connectivity index (χ1) is 5.66. The molecule has 0 bridgehead atoms. The third kappa shape index (κ3) is 1.98. The summed E-state index contributed by atoms with van der Waals surface area (Å²) < 4.78 is 5.90. The van der Waals surface area contributed by atoms with E-state index in [1.165, 1.54) is 11.3 Å². The van der Waals surface area contributed by atoms with Gasteiger partial charge < -0.3 is 4.74 Å². The second-order valence-electron chi connectivity index (χ2n) is 2.28. The lowest BCUT2D eigenvalue weighted by Gasteiger charge is -1.98. The number of aryl methyl sites for hydroxylation is 1. The molecule has 0 aliphatic carbocycles. The molecule has 0 aliphatic heterocycles. The lowest BCUT2D eigenvalue weighted by molar-refractivity contribution is 0.0531. The number of thiophene rings is 1. The number of esters is 1. The molecular formula is C8H9IO2S. The smallest absolute Gasteiger partial charge is 0.349 e. The molecule has 0 saturated heterocycles. The summed E-state index contributed by atoms with van der Waals surface area (Å²) in [5.74, 6) is -0.208. The molecule has 0 unspecified atom stereocenters. The first-order valence-electron chi connectivity index (χ1n) is 3.57. The van der Waals surface area contributed by atoms with Gasteiger partial charge in [-0.2, -0.15) is 0 Å². The van der Waals surface area contributed by atoms with Crippen LogP contribution < -0.4 is 0 Å². The Morgan fingerprint density at radius 3 is 2.83 bits per heavy atom. The normalized spacial score (nSPS) is 9.92. The van der Waals surface area contributed by atoms with Crippen LogP contribution in [-0.4, -0.2) is 12.6 Å². The van der Waals surface area contributed by atoms with Crippen LogP contribution in [0.5, 0.6) is 0 Å². The van der Waals surface area contributed by atoms with Crippen LogP contribution in [0.2, 0.25) is 0 Å². The molecule has 0 saturated carbocycles. The Bertz CT molecular complexity index is 293. The van der Waals surface area contributed by atoms with E-state index in [1.54, 1.807) is 0 Å². The molecule has 2 nitrogen and oxygen atoms in total. The van der Waals surface area contributed by atoms with E-state index < -0.39 is 0 Å². The molecular weight excluding hydrogens is 287 g/mol. The summed E-state index contributed by atoms with van der Waals surface area (Å²) in [6, 6.07) is 0. The van der Waals surface area contributed by atoms with Crippen molar-refractivity contribution in [2.24, 2.45) is 0 Å². The molecule has 0 spiro atoms. The van der Waals surface area contributed by atoms with Crippen LogP contribution in [0.4, 0.5) is 0 Å². The molecule has 1 aromatic heterocycles. The van der Waals surface area contributed by atoms with E-state index in [2.05, 4.69) is 22.6 Å². The molecule has 66 valence electrons. The highest BCUT2D eigenvalue weighted by Crippen LogP contribution is 2.24. The average Bonchev–Trinajstić information content (AvgIpc) is 2.34. The van der Waals surface area contributed by atoms with Crippen LogP contribution in [0.15, 0.2) is 5.38 Å². The Morgan fingerprint density at radius 2 is 2.42 bits per heavy atom. The van der Waals surface area contributed by atoms with Gasteiger partial charge in [-0.1, -0.05) is 0 Å². The van der Waals surface area contributed by atoms with Crippen molar-refractivity contribution in [2.45, 2.75) is 13.8 Å². The van der Waals surface area contributed by atoms with E-state index in [4.69, 9.17) is 4.74 Å². The zero-order chi connectivity index (χ0) is 9.14. The summed E-state index contributed by atoms with van der Waals surface area (Å²) >= 11 is 3.61. The number of carbonyl (C=O) groups is 1. The molecule has 0 aliphatic rings. The van der Waals surface area contributed by atoms with Gasteiger partial charge in [-0.25, -0.2) is 4.79 Å². The van der Waals surface area contributed by atoms with E-state index in [0.717, 1.165) is 14.0 Å². The minimum absolute atomic E-state index is 0.208. The fourth-order valence-electron chi connectivity index (χ4n) is 0.764.